The van der Waals surface area contributed by atoms with Gasteiger partial charge in [-0.2, -0.15) is 0 Å². The molecule has 0 saturated carbocycles. The highest BCUT2D eigenvalue weighted by Crippen LogP contribution is 2.40. The first-order valence-corrected chi connectivity index (χ1v) is 12.9. The Bertz CT molecular complexity index is 1220. The SMILES string of the molecule is CC(=O)NCC1=C(C(=O)O)N2C(=O)C(NC(=O)CSc3nnc(COc4ccc(Cl)cc4)o3)[C@H]2SC1. The van der Waals surface area contributed by atoms with Crippen LogP contribution in [-0.2, 0) is 25.8 Å². The molecule has 0 radical (unpaired) electrons. The van der Waals surface area contributed by atoms with Crippen LogP contribution < -0.4 is 15.4 Å². The van der Waals surface area contributed by atoms with E-state index in [1.54, 1.807) is 24.3 Å². The zero-order chi connectivity index (χ0) is 25.8. The van der Waals surface area contributed by atoms with Crippen molar-refractivity contribution in [2.75, 3.05) is 18.1 Å². The van der Waals surface area contributed by atoms with E-state index in [9.17, 15) is 24.3 Å². The van der Waals surface area contributed by atoms with Crippen LogP contribution in [0.2, 0.25) is 5.02 Å². The molecule has 2 atom stereocenters. The minimum absolute atomic E-state index is 0.0328. The molecule has 3 amide bonds. The van der Waals surface area contributed by atoms with Crippen molar-refractivity contribution < 1.29 is 33.4 Å². The van der Waals surface area contributed by atoms with Crippen molar-refractivity contribution in [1.29, 1.82) is 0 Å². The molecule has 12 nitrogen and oxygen atoms in total. The van der Waals surface area contributed by atoms with Crippen LogP contribution in [0, 0.1) is 0 Å². The smallest absolute Gasteiger partial charge is 0.352 e. The molecule has 4 rings (SSSR count). The number of ether oxygens (including phenoxy) is 1. The summed E-state index contributed by atoms with van der Waals surface area (Å²) in [7, 11) is 0. The van der Waals surface area contributed by atoms with E-state index in [4.69, 9.17) is 20.8 Å². The standard InChI is InChI=1S/C21H20ClN5O7S2/c1-10(28)23-6-11-8-35-19-16(18(30)27(19)17(11)20(31)32)24-14(29)9-36-21-26-25-15(34-21)7-33-13-4-2-12(22)3-5-13/h2-5,16,19H,6-9H2,1H3,(H,23,28)(H,24,29)(H,31,32)/t16?,19-/m1/s1. The highest BCUT2D eigenvalue weighted by Gasteiger charge is 2.54. The van der Waals surface area contributed by atoms with Gasteiger partial charge in [0.2, 0.25) is 11.8 Å². The molecular weight excluding hydrogens is 534 g/mol. The minimum atomic E-state index is -1.26. The third-order valence-electron chi connectivity index (χ3n) is 5.07. The fourth-order valence-corrected chi connectivity index (χ4v) is 5.49. The number of carbonyl (C=O) groups is 4. The molecular formula is C21H20ClN5O7S2. The Balaban J connectivity index is 1.27. The number of carbonyl (C=O) groups excluding carboxylic acids is 3. The number of fused-ring (bicyclic) bond motifs is 1. The van der Waals surface area contributed by atoms with Crippen LogP contribution in [0.4, 0.5) is 0 Å². The van der Waals surface area contributed by atoms with Gasteiger partial charge >= 0.3 is 5.97 Å². The number of rotatable bonds is 10. The second kappa shape index (κ2) is 11.2. The monoisotopic (exact) mass is 553 g/mol. The average molecular weight is 554 g/mol. The maximum atomic E-state index is 12.7. The highest BCUT2D eigenvalue weighted by molar-refractivity contribution is 8.00. The average Bonchev–Trinajstić information content (AvgIpc) is 3.31. The van der Waals surface area contributed by atoms with E-state index in [0.29, 0.717) is 22.1 Å². The third-order valence-corrected chi connectivity index (χ3v) is 7.48. The highest BCUT2D eigenvalue weighted by atomic mass is 35.5. The largest absolute Gasteiger partial charge is 0.484 e. The molecule has 15 heteroatoms. The Morgan fingerprint density at radius 1 is 1.31 bits per heavy atom. The van der Waals surface area contributed by atoms with Crippen molar-refractivity contribution in [3.63, 3.8) is 0 Å². The Kier molecular flexibility index (Phi) is 8.06. The number of aromatic nitrogens is 2. The molecule has 1 unspecified atom stereocenters. The van der Waals surface area contributed by atoms with Gasteiger partial charge in [-0.25, -0.2) is 4.79 Å². The third kappa shape index (κ3) is 5.94. The van der Waals surface area contributed by atoms with Gasteiger partial charge < -0.3 is 24.9 Å². The summed E-state index contributed by atoms with van der Waals surface area (Å²) in [5.41, 5.74) is 0.274. The number of carboxylic acid groups (broad SMARTS) is 1. The Labute approximate surface area is 218 Å². The number of carboxylic acids is 1. The molecule has 36 heavy (non-hydrogen) atoms. The van der Waals surface area contributed by atoms with E-state index in [1.807, 2.05) is 0 Å². The first-order valence-electron chi connectivity index (χ1n) is 10.5. The van der Waals surface area contributed by atoms with Gasteiger partial charge in [0.25, 0.3) is 17.0 Å². The minimum Gasteiger partial charge on any atom is -0.484 e. The van der Waals surface area contributed by atoms with Crippen molar-refractivity contribution in [3.05, 3.63) is 46.4 Å². The lowest BCUT2D eigenvalue weighted by molar-refractivity contribution is -0.150. The van der Waals surface area contributed by atoms with Crippen LogP contribution in [0.5, 0.6) is 5.75 Å². The van der Waals surface area contributed by atoms with Gasteiger partial charge in [0.05, 0.1) is 5.75 Å². The number of benzene rings is 1. The maximum absolute atomic E-state index is 12.7. The van der Waals surface area contributed by atoms with Gasteiger partial charge in [0.1, 0.15) is 22.9 Å². The van der Waals surface area contributed by atoms with Crippen LogP contribution in [0.15, 0.2) is 45.2 Å². The molecule has 2 aromatic rings. The summed E-state index contributed by atoms with van der Waals surface area (Å²) in [5.74, 6) is -1.52. The number of nitrogens with zero attached hydrogens (tertiary/aromatic N) is 3. The summed E-state index contributed by atoms with van der Waals surface area (Å²) < 4.78 is 11.0. The van der Waals surface area contributed by atoms with E-state index in [1.165, 1.54) is 18.7 Å². The molecule has 2 aliphatic heterocycles. The van der Waals surface area contributed by atoms with Crippen molar-refractivity contribution >= 4 is 58.8 Å². The molecule has 3 heterocycles. The van der Waals surface area contributed by atoms with Crippen LogP contribution in [-0.4, -0.2) is 73.4 Å². The first kappa shape index (κ1) is 25.9. The molecule has 0 spiro atoms. The van der Waals surface area contributed by atoms with Crippen LogP contribution >= 0.6 is 35.1 Å². The predicted molar refractivity (Wildman–Crippen MR) is 129 cm³/mol. The summed E-state index contributed by atoms with van der Waals surface area (Å²) in [6, 6.07) is 5.92. The first-order chi connectivity index (χ1) is 17.2. The summed E-state index contributed by atoms with van der Waals surface area (Å²) in [4.78, 5) is 49.2. The zero-order valence-corrected chi connectivity index (χ0v) is 21.1. The Morgan fingerprint density at radius 2 is 2.06 bits per heavy atom. The Morgan fingerprint density at radius 3 is 2.75 bits per heavy atom. The zero-order valence-electron chi connectivity index (χ0n) is 18.7. The molecule has 3 N–H and O–H groups in total. The summed E-state index contributed by atoms with van der Waals surface area (Å²) in [6.07, 6.45) is 0. The molecule has 2 aliphatic rings. The summed E-state index contributed by atoms with van der Waals surface area (Å²) in [5, 5.41) is 22.7. The second-order valence-corrected chi connectivity index (χ2v) is 10.1. The molecule has 190 valence electrons. The normalized spacial score (nSPS) is 18.8. The van der Waals surface area contributed by atoms with E-state index < -0.39 is 29.2 Å². The summed E-state index contributed by atoms with van der Waals surface area (Å²) >= 11 is 8.15. The number of β-lactam (4-membered cyclic amide) rings is 1. The number of halogens is 1. The molecule has 1 aromatic heterocycles. The number of amides is 3. The topological polar surface area (TPSA) is 164 Å². The second-order valence-electron chi connectivity index (χ2n) is 7.62. The van der Waals surface area contributed by atoms with E-state index in [2.05, 4.69) is 20.8 Å². The van der Waals surface area contributed by atoms with Gasteiger partial charge in [-0.05, 0) is 29.8 Å². The molecule has 1 fully saturated rings. The molecule has 1 aromatic carbocycles. The number of aliphatic carboxylic acids is 1. The lowest BCUT2D eigenvalue weighted by atomic mass is 10.0. The molecule has 0 aliphatic carbocycles. The summed E-state index contributed by atoms with van der Waals surface area (Å²) in [6.45, 7) is 1.39. The van der Waals surface area contributed by atoms with Gasteiger partial charge in [-0.1, -0.05) is 23.4 Å². The molecule has 0 bridgehead atoms. The fraction of sp³-hybridized carbons (Fsp3) is 0.333. The Hall–Kier alpha value is -3.23. The quantitative estimate of drug-likeness (QED) is 0.286. The number of thioether (sulfide) groups is 2. The van der Waals surface area contributed by atoms with Gasteiger partial charge in [0.15, 0.2) is 6.61 Å². The lowest BCUT2D eigenvalue weighted by Gasteiger charge is -2.49. The number of hydrogen-bond donors (Lipinski definition) is 3. The maximum Gasteiger partial charge on any atom is 0.352 e. The number of nitrogens with one attached hydrogen (secondary N) is 2. The van der Waals surface area contributed by atoms with Crippen LogP contribution in [0.3, 0.4) is 0 Å². The van der Waals surface area contributed by atoms with Gasteiger partial charge in [-0.15, -0.1) is 22.0 Å². The van der Waals surface area contributed by atoms with Crippen molar-refractivity contribution in [2.45, 2.75) is 30.2 Å². The van der Waals surface area contributed by atoms with Gasteiger partial charge in [-0.3, -0.25) is 19.3 Å². The number of hydrogen-bond acceptors (Lipinski definition) is 10. The van der Waals surface area contributed by atoms with Crippen molar-refractivity contribution in [3.8, 4) is 5.75 Å². The predicted octanol–water partition coefficient (Wildman–Crippen LogP) is 1.27. The van der Waals surface area contributed by atoms with Crippen LogP contribution in [0.25, 0.3) is 0 Å². The van der Waals surface area contributed by atoms with Gasteiger partial charge in [0, 0.05) is 24.2 Å². The lowest BCUT2D eigenvalue weighted by Crippen LogP contribution is -2.70. The molecule has 1 saturated heterocycles. The van der Waals surface area contributed by atoms with E-state index in [0.717, 1.165) is 16.7 Å². The fourth-order valence-electron chi connectivity index (χ4n) is 3.42. The van der Waals surface area contributed by atoms with E-state index >= 15 is 0 Å². The van der Waals surface area contributed by atoms with Crippen molar-refractivity contribution in [1.82, 2.24) is 25.7 Å². The van der Waals surface area contributed by atoms with E-state index in [-0.39, 0.29) is 41.6 Å². The van der Waals surface area contributed by atoms with Crippen molar-refractivity contribution in [2.24, 2.45) is 0 Å². The van der Waals surface area contributed by atoms with Crippen LogP contribution in [0.1, 0.15) is 12.8 Å².